The summed E-state index contributed by atoms with van der Waals surface area (Å²) in [6.45, 7) is 3.87. The molecular formula is C24H25ClN4O2. The molecule has 0 saturated carbocycles. The van der Waals surface area contributed by atoms with E-state index in [1.54, 1.807) is 30.6 Å². The summed E-state index contributed by atoms with van der Waals surface area (Å²) in [4.78, 5) is 23.5. The normalized spacial score (nSPS) is 16.2. The van der Waals surface area contributed by atoms with Crippen LogP contribution in [0, 0.1) is 12.8 Å². The topological polar surface area (TPSA) is 78.4 Å². The molecule has 2 N–H and O–H groups in total. The quantitative estimate of drug-likeness (QED) is 0.612. The van der Waals surface area contributed by atoms with Crippen LogP contribution in [0.2, 0.25) is 5.02 Å². The number of halogens is 1. The van der Waals surface area contributed by atoms with Crippen LogP contribution in [0.1, 0.15) is 28.8 Å². The first kappa shape index (κ1) is 21.3. The van der Waals surface area contributed by atoms with Gasteiger partial charge in [-0.3, -0.25) is 4.79 Å². The summed E-state index contributed by atoms with van der Waals surface area (Å²) in [5.41, 5.74) is 3.33. The van der Waals surface area contributed by atoms with Crippen molar-refractivity contribution in [3.05, 3.63) is 71.0 Å². The number of amides is 1. The predicted octanol–water partition coefficient (Wildman–Crippen LogP) is 4.57. The predicted molar refractivity (Wildman–Crippen MR) is 124 cm³/mol. The fraction of sp³-hybridized carbons (Fsp3) is 0.292. The fourth-order valence-corrected chi connectivity index (χ4v) is 4.02. The van der Waals surface area contributed by atoms with Crippen LogP contribution in [-0.4, -0.2) is 40.7 Å². The average molecular weight is 437 g/mol. The number of anilines is 2. The number of piperidine rings is 1. The van der Waals surface area contributed by atoms with Crippen molar-refractivity contribution < 1.29 is 9.90 Å². The number of rotatable bonds is 5. The van der Waals surface area contributed by atoms with Crippen molar-refractivity contribution in [3.63, 3.8) is 0 Å². The molecule has 0 aliphatic carbocycles. The van der Waals surface area contributed by atoms with Crippen molar-refractivity contribution in [2.75, 3.05) is 29.9 Å². The second-order valence-electron chi connectivity index (χ2n) is 7.91. The van der Waals surface area contributed by atoms with Gasteiger partial charge in [0.05, 0.1) is 5.02 Å². The molecule has 1 aromatic carbocycles. The van der Waals surface area contributed by atoms with E-state index in [1.807, 2.05) is 31.2 Å². The maximum atomic E-state index is 12.6. The van der Waals surface area contributed by atoms with Gasteiger partial charge < -0.3 is 15.3 Å². The maximum absolute atomic E-state index is 12.6. The van der Waals surface area contributed by atoms with Gasteiger partial charge in [0, 0.05) is 43.2 Å². The molecule has 2 aromatic heterocycles. The molecule has 7 heteroatoms. The molecule has 1 unspecified atom stereocenters. The Bertz CT molecular complexity index is 1070. The zero-order chi connectivity index (χ0) is 21.8. The highest BCUT2D eigenvalue weighted by atomic mass is 35.5. The van der Waals surface area contributed by atoms with Gasteiger partial charge in [-0.2, -0.15) is 0 Å². The molecule has 3 aromatic rings. The first-order valence-corrected chi connectivity index (χ1v) is 10.8. The van der Waals surface area contributed by atoms with Gasteiger partial charge in [0.25, 0.3) is 5.91 Å². The molecule has 0 radical (unpaired) electrons. The number of benzene rings is 1. The molecule has 31 heavy (non-hydrogen) atoms. The number of aliphatic hydroxyl groups is 1. The Labute approximate surface area is 186 Å². The molecule has 160 valence electrons. The van der Waals surface area contributed by atoms with E-state index in [4.69, 9.17) is 11.6 Å². The number of aromatic nitrogens is 2. The highest BCUT2D eigenvalue weighted by molar-refractivity contribution is 6.33. The van der Waals surface area contributed by atoms with Crippen molar-refractivity contribution in [1.29, 1.82) is 0 Å². The maximum Gasteiger partial charge on any atom is 0.256 e. The van der Waals surface area contributed by atoms with E-state index in [0.717, 1.165) is 48.4 Å². The van der Waals surface area contributed by atoms with E-state index >= 15 is 0 Å². The number of aliphatic hydroxyl groups excluding tert-OH is 1. The molecular weight excluding hydrogens is 412 g/mol. The van der Waals surface area contributed by atoms with Gasteiger partial charge in [-0.1, -0.05) is 29.3 Å². The van der Waals surface area contributed by atoms with Crippen LogP contribution in [-0.2, 0) is 0 Å². The minimum atomic E-state index is -0.223. The largest absolute Gasteiger partial charge is 0.396 e. The van der Waals surface area contributed by atoms with Crippen LogP contribution in [0.15, 0.2) is 54.9 Å². The van der Waals surface area contributed by atoms with E-state index in [2.05, 4.69) is 20.2 Å². The molecule has 1 aliphatic rings. The molecule has 0 spiro atoms. The van der Waals surface area contributed by atoms with Crippen LogP contribution in [0.5, 0.6) is 0 Å². The minimum absolute atomic E-state index is 0.191. The molecule has 6 nitrogen and oxygen atoms in total. The van der Waals surface area contributed by atoms with Crippen LogP contribution in [0.3, 0.4) is 0 Å². The Kier molecular flexibility index (Phi) is 6.49. The Balaban J connectivity index is 1.57. The van der Waals surface area contributed by atoms with Gasteiger partial charge in [-0.05, 0) is 61.6 Å². The van der Waals surface area contributed by atoms with Crippen molar-refractivity contribution in [2.45, 2.75) is 19.8 Å². The zero-order valence-electron chi connectivity index (χ0n) is 17.4. The zero-order valence-corrected chi connectivity index (χ0v) is 18.1. The Morgan fingerprint density at radius 2 is 2.03 bits per heavy atom. The fourth-order valence-electron chi connectivity index (χ4n) is 3.80. The van der Waals surface area contributed by atoms with Gasteiger partial charge >= 0.3 is 0 Å². The number of pyridine rings is 2. The smallest absolute Gasteiger partial charge is 0.256 e. The lowest BCUT2D eigenvalue weighted by molar-refractivity contribution is 0.102. The number of nitrogens with zero attached hydrogens (tertiary/aromatic N) is 3. The lowest BCUT2D eigenvalue weighted by Crippen LogP contribution is -2.37. The van der Waals surface area contributed by atoms with Gasteiger partial charge in [0.2, 0.25) is 0 Å². The first-order valence-electron chi connectivity index (χ1n) is 10.4. The molecule has 1 atom stereocenters. The SMILES string of the molecule is Cc1ccc(C(=O)Nc2cc(-c3ccnc(N4CCCC(CO)C4)c3)c(Cl)cn2)cc1. The monoisotopic (exact) mass is 436 g/mol. The van der Waals surface area contributed by atoms with E-state index in [0.29, 0.717) is 16.4 Å². The summed E-state index contributed by atoms with van der Waals surface area (Å²) in [5.74, 6) is 1.34. The Hall–Kier alpha value is -2.96. The standard InChI is InChI=1S/C24H25ClN4O2/c1-16-4-6-18(7-5-16)24(31)28-22-12-20(21(25)13-27-22)19-8-9-26-23(11-19)29-10-2-3-17(14-29)15-30/h4-9,11-13,17,30H,2-3,10,14-15H2,1H3,(H,27,28,31). The molecule has 1 fully saturated rings. The first-order chi connectivity index (χ1) is 15.0. The molecule has 3 heterocycles. The summed E-state index contributed by atoms with van der Waals surface area (Å²) in [5, 5.41) is 12.9. The molecule has 4 rings (SSSR count). The summed E-state index contributed by atoms with van der Waals surface area (Å²) in [6.07, 6.45) is 5.37. The number of carbonyl (C=O) groups excluding carboxylic acids is 1. The van der Waals surface area contributed by atoms with Crippen LogP contribution in [0.4, 0.5) is 11.6 Å². The third-order valence-corrected chi connectivity index (χ3v) is 5.87. The third-order valence-electron chi connectivity index (χ3n) is 5.57. The number of aryl methyl sites for hydroxylation is 1. The second kappa shape index (κ2) is 9.45. The summed E-state index contributed by atoms with van der Waals surface area (Å²) < 4.78 is 0. The average Bonchev–Trinajstić information content (AvgIpc) is 2.81. The molecule has 1 amide bonds. The molecule has 1 aliphatic heterocycles. The van der Waals surface area contributed by atoms with Crippen LogP contribution in [0.25, 0.3) is 11.1 Å². The second-order valence-corrected chi connectivity index (χ2v) is 8.32. The van der Waals surface area contributed by atoms with Crippen LogP contribution >= 0.6 is 11.6 Å². The van der Waals surface area contributed by atoms with E-state index in [1.165, 1.54) is 0 Å². The van der Waals surface area contributed by atoms with Gasteiger partial charge in [-0.15, -0.1) is 0 Å². The van der Waals surface area contributed by atoms with E-state index in [9.17, 15) is 9.90 Å². The van der Waals surface area contributed by atoms with Crippen molar-refractivity contribution in [3.8, 4) is 11.1 Å². The number of hydrogen-bond donors (Lipinski definition) is 2. The van der Waals surface area contributed by atoms with Gasteiger partial charge in [-0.25, -0.2) is 9.97 Å². The van der Waals surface area contributed by atoms with Crippen molar-refractivity contribution in [2.24, 2.45) is 5.92 Å². The van der Waals surface area contributed by atoms with Crippen molar-refractivity contribution >= 4 is 29.1 Å². The summed E-state index contributed by atoms with van der Waals surface area (Å²) in [6, 6.07) is 13.0. The van der Waals surface area contributed by atoms with Gasteiger partial charge in [0.1, 0.15) is 11.6 Å². The summed E-state index contributed by atoms with van der Waals surface area (Å²) >= 11 is 6.44. The lowest BCUT2D eigenvalue weighted by atomic mass is 9.99. The van der Waals surface area contributed by atoms with Gasteiger partial charge in [0.15, 0.2) is 0 Å². The number of hydrogen-bond acceptors (Lipinski definition) is 5. The minimum Gasteiger partial charge on any atom is -0.396 e. The summed E-state index contributed by atoms with van der Waals surface area (Å²) in [7, 11) is 0. The molecule has 1 saturated heterocycles. The van der Waals surface area contributed by atoms with E-state index in [-0.39, 0.29) is 18.4 Å². The lowest BCUT2D eigenvalue weighted by Gasteiger charge is -2.32. The van der Waals surface area contributed by atoms with Crippen LogP contribution < -0.4 is 10.2 Å². The Morgan fingerprint density at radius 1 is 1.23 bits per heavy atom. The highest BCUT2D eigenvalue weighted by Gasteiger charge is 2.21. The van der Waals surface area contributed by atoms with E-state index < -0.39 is 0 Å². The Morgan fingerprint density at radius 3 is 2.81 bits per heavy atom. The number of carbonyl (C=O) groups is 1. The molecule has 0 bridgehead atoms. The number of nitrogens with one attached hydrogen (secondary N) is 1. The van der Waals surface area contributed by atoms with Crippen molar-refractivity contribution in [1.82, 2.24) is 9.97 Å². The highest BCUT2D eigenvalue weighted by Crippen LogP contribution is 2.32. The third kappa shape index (κ3) is 5.03.